The second-order valence-electron chi connectivity index (χ2n) is 6.01. The summed E-state index contributed by atoms with van der Waals surface area (Å²) in [6.07, 6.45) is 16.2. The first-order valence-electron chi connectivity index (χ1n) is 7.64. The molecule has 2 aliphatic carbocycles. The van der Waals surface area contributed by atoms with E-state index >= 15 is 0 Å². The quantitative estimate of drug-likeness (QED) is 0.561. The van der Waals surface area contributed by atoms with Crippen LogP contribution in [0, 0.1) is 23.7 Å². The Morgan fingerprint density at radius 2 is 1.71 bits per heavy atom. The highest BCUT2D eigenvalue weighted by Crippen LogP contribution is 2.44. The lowest BCUT2D eigenvalue weighted by molar-refractivity contribution is 0.310. The molecule has 2 rings (SSSR count). The Morgan fingerprint density at radius 3 is 2.24 bits per heavy atom. The number of rotatable bonds is 4. The van der Waals surface area contributed by atoms with Crippen molar-refractivity contribution in [2.75, 3.05) is 0 Å². The summed E-state index contributed by atoms with van der Waals surface area (Å²) >= 11 is 0. The molecule has 2 saturated carbocycles. The van der Waals surface area contributed by atoms with Crippen LogP contribution < -0.4 is 0 Å². The molecule has 2 aliphatic rings. The van der Waals surface area contributed by atoms with Crippen LogP contribution in [0.2, 0.25) is 0 Å². The summed E-state index contributed by atoms with van der Waals surface area (Å²) < 4.78 is 0. The Balaban J connectivity index is 1.72. The van der Waals surface area contributed by atoms with Gasteiger partial charge in [-0.15, -0.1) is 6.58 Å². The minimum Gasteiger partial charge on any atom is -0.103 e. The molecule has 0 aromatic rings. The van der Waals surface area contributed by atoms with Crippen molar-refractivity contribution >= 4 is 0 Å². The first-order chi connectivity index (χ1) is 8.33. The van der Waals surface area contributed by atoms with Crippen LogP contribution in [-0.2, 0) is 0 Å². The van der Waals surface area contributed by atoms with Crippen molar-refractivity contribution in [3.8, 4) is 0 Å². The smallest absolute Gasteiger partial charge is 0.0210 e. The van der Waals surface area contributed by atoms with Gasteiger partial charge in [-0.2, -0.15) is 0 Å². The molecule has 17 heavy (non-hydrogen) atoms. The third-order valence-electron chi connectivity index (χ3n) is 4.88. The van der Waals surface area contributed by atoms with Gasteiger partial charge in [0.2, 0.25) is 0 Å². The maximum Gasteiger partial charge on any atom is -0.0210 e. The predicted molar refractivity (Wildman–Crippen MR) is 75.5 cm³/mol. The summed E-state index contributed by atoms with van der Waals surface area (Å²) in [5.74, 6) is 5.54. The molecule has 0 N–H and O–H groups in total. The summed E-state index contributed by atoms with van der Waals surface area (Å²) in [4.78, 5) is 0. The summed E-state index contributed by atoms with van der Waals surface area (Å²) in [6, 6.07) is 0. The second-order valence-corrected chi connectivity index (χ2v) is 6.01. The fourth-order valence-corrected chi connectivity index (χ4v) is 3.69. The molecule has 2 fully saturated rings. The first kappa shape index (κ1) is 13.2. The molecular formula is C17H28. The zero-order chi connectivity index (χ0) is 12.1. The van der Waals surface area contributed by atoms with Crippen molar-refractivity contribution in [3.05, 3.63) is 24.5 Å². The van der Waals surface area contributed by atoms with E-state index in [2.05, 4.69) is 19.6 Å². The van der Waals surface area contributed by atoms with Gasteiger partial charge < -0.3 is 0 Å². The largest absolute Gasteiger partial charge is 0.103 e. The molecule has 0 spiro atoms. The number of hydrogen-bond acceptors (Lipinski definition) is 0. The van der Waals surface area contributed by atoms with E-state index in [1.807, 2.05) is 11.8 Å². The van der Waals surface area contributed by atoms with Gasteiger partial charge in [0.15, 0.2) is 0 Å². The van der Waals surface area contributed by atoms with Crippen LogP contribution in [0.15, 0.2) is 12.7 Å². The van der Waals surface area contributed by atoms with Crippen LogP contribution in [0.5, 0.6) is 0 Å². The Hall–Kier alpha value is -0.260. The lowest BCUT2D eigenvalue weighted by Gasteiger charge is -2.36. The Kier molecular flexibility index (Phi) is 5.13. The topological polar surface area (TPSA) is 0 Å². The van der Waals surface area contributed by atoms with E-state index in [9.17, 15) is 0 Å². The van der Waals surface area contributed by atoms with Crippen molar-refractivity contribution in [1.29, 1.82) is 0 Å². The average molecular weight is 232 g/mol. The molecule has 0 heteroatoms. The van der Waals surface area contributed by atoms with Gasteiger partial charge in [-0.25, -0.2) is 0 Å². The van der Waals surface area contributed by atoms with Crippen LogP contribution in [0.1, 0.15) is 71.1 Å². The predicted octanol–water partition coefficient (Wildman–Crippen LogP) is 5.50. The fraction of sp³-hybridized carbons (Fsp3) is 0.765. The van der Waals surface area contributed by atoms with Crippen molar-refractivity contribution in [2.24, 2.45) is 11.8 Å². The maximum absolute atomic E-state index is 3.94. The van der Waals surface area contributed by atoms with Gasteiger partial charge in [0, 0.05) is 0 Å². The van der Waals surface area contributed by atoms with Crippen LogP contribution in [0.4, 0.5) is 0 Å². The van der Waals surface area contributed by atoms with Crippen molar-refractivity contribution in [3.63, 3.8) is 0 Å². The molecule has 0 bridgehead atoms. The molecule has 0 amide bonds. The van der Waals surface area contributed by atoms with Gasteiger partial charge in [0.1, 0.15) is 0 Å². The van der Waals surface area contributed by atoms with E-state index in [4.69, 9.17) is 0 Å². The molecule has 0 nitrogen and oxygen atoms in total. The van der Waals surface area contributed by atoms with E-state index in [0.717, 1.165) is 11.8 Å². The van der Waals surface area contributed by atoms with Crippen molar-refractivity contribution in [2.45, 2.75) is 71.1 Å². The van der Waals surface area contributed by atoms with Gasteiger partial charge in [-0.3, -0.25) is 0 Å². The summed E-state index contributed by atoms with van der Waals surface area (Å²) in [7, 11) is 0. The van der Waals surface area contributed by atoms with Gasteiger partial charge in [-0.1, -0.05) is 19.4 Å². The van der Waals surface area contributed by atoms with Crippen molar-refractivity contribution < 1.29 is 0 Å². The molecule has 96 valence electrons. The van der Waals surface area contributed by atoms with Gasteiger partial charge in [0.05, 0.1) is 0 Å². The van der Waals surface area contributed by atoms with Crippen LogP contribution >= 0.6 is 0 Å². The lowest BCUT2D eigenvalue weighted by atomic mass is 9.69. The zero-order valence-electron chi connectivity index (χ0n) is 11.5. The lowest BCUT2D eigenvalue weighted by Crippen LogP contribution is -2.23. The number of hydrogen-bond donors (Lipinski definition) is 0. The Bertz CT molecular complexity index is 214. The van der Waals surface area contributed by atoms with Gasteiger partial charge in [-0.05, 0) is 81.5 Å². The fourth-order valence-electron chi connectivity index (χ4n) is 3.69. The molecule has 0 atom stereocenters. The highest BCUT2D eigenvalue weighted by atomic mass is 14.3. The maximum atomic E-state index is 3.94. The first-order valence-corrected chi connectivity index (χ1v) is 7.64. The average Bonchev–Trinajstić information content (AvgIpc) is 2.40. The van der Waals surface area contributed by atoms with Crippen LogP contribution in [0.25, 0.3) is 0 Å². The van der Waals surface area contributed by atoms with Crippen molar-refractivity contribution in [1.82, 2.24) is 0 Å². The Labute approximate surface area is 108 Å². The molecule has 0 unspecified atom stereocenters. The summed E-state index contributed by atoms with van der Waals surface area (Å²) in [5, 5.41) is 0. The van der Waals surface area contributed by atoms with E-state index < -0.39 is 0 Å². The SMILES string of the molecule is C=CC1CC[C](C2CC[C](CCC)CC2)CC1. The van der Waals surface area contributed by atoms with E-state index in [-0.39, 0.29) is 0 Å². The highest BCUT2D eigenvalue weighted by Gasteiger charge is 2.30. The summed E-state index contributed by atoms with van der Waals surface area (Å²) in [5.41, 5.74) is 0. The monoisotopic (exact) mass is 232 g/mol. The highest BCUT2D eigenvalue weighted by molar-refractivity contribution is 5.06. The van der Waals surface area contributed by atoms with E-state index in [1.165, 1.54) is 64.2 Å². The van der Waals surface area contributed by atoms with E-state index in [1.54, 1.807) is 0 Å². The zero-order valence-corrected chi connectivity index (χ0v) is 11.5. The van der Waals surface area contributed by atoms with Crippen LogP contribution in [0.3, 0.4) is 0 Å². The molecule has 0 aromatic heterocycles. The Morgan fingerprint density at radius 1 is 1.06 bits per heavy atom. The number of allylic oxidation sites excluding steroid dienone is 1. The third kappa shape index (κ3) is 3.60. The molecular weight excluding hydrogens is 204 g/mol. The minimum atomic E-state index is 0.810. The molecule has 2 radical (unpaired) electrons. The van der Waals surface area contributed by atoms with Crippen LogP contribution in [-0.4, -0.2) is 0 Å². The second kappa shape index (κ2) is 6.61. The minimum absolute atomic E-state index is 0.810. The molecule has 0 saturated heterocycles. The standard InChI is InChI=1S/C17H28/c1-3-5-15-8-12-17(13-9-15)16-10-6-14(4-2)7-11-16/h4,14,17H,2-3,5-13H2,1H3. The van der Waals surface area contributed by atoms with E-state index in [0.29, 0.717) is 0 Å². The molecule has 0 aromatic carbocycles. The van der Waals surface area contributed by atoms with Gasteiger partial charge in [0.25, 0.3) is 0 Å². The third-order valence-corrected chi connectivity index (χ3v) is 4.88. The summed E-state index contributed by atoms with van der Waals surface area (Å²) in [6.45, 7) is 6.25. The molecule has 0 heterocycles. The van der Waals surface area contributed by atoms with Gasteiger partial charge >= 0.3 is 0 Å². The molecule has 0 aliphatic heterocycles. The normalized spacial score (nSPS) is 26.2.